The molecule has 0 aromatic heterocycles. The van der Waals surface area contributed by atoms with Gasteiger partial charge in [-0.1, -0.05) is 6.92 Å². The molecule has 0 aromatic rings. The Morgan fingerprint density at radius 2 is 2.27 bits per heavy atom. The highest BCUT2D eigenvalue weighted by Crippen LogP contribution is 2.10. The third-order valence-corrected chi connectivity index (χ3v) is 1.89. The van der Waals surface area contributed by atoms with Gasteiger partial charge in [-0.3, -0.25) is 9.69 Å². The molecule has 1 unspecified atom stereocenters. The summed E-state index contributed by atoms with van der Waals surface area (Å²) >= 11 is 0. The second-order valence-electron chi connectivity index (χ2n) is 3.11. The van der Waals surface area contributed by atoms with Crippen LogP contribution in [0.3, 0.4) is 0 Å². The molecule has 64 valence electrons. The minimum absolute atomic E-state index is 0.240. The van der Waals surface area contributed by atoms with Crippen LogP contribution >= 0.6 is 0 Å². The number of carbonyl (C=O) groups is 1. The van der Waals surface area contributed by atoms with E-state index >= 15 is 0 Å². The minimum Gasteiger partial charge on any atom is -0.481 e. The molecule has 1 heterocycles. The lowest BCUT2D eigenvalue weighted by Gasteiger charge is -2.36. The molecule has 0 radical (unpaired) electrons. The monoisotopic (exact) mass is 159 g/mol. The Labute approximate surface area is 65.4 Å². The highest BCUT2D eigenvalue weighted by atomic mass is 16.4. The van der Waals surface area contributed by atoms with E-state index in [-0.39, 0.29) is 12.0 Å². The van der Waals surface area contributed by atoms with Gasteiger partial charge in [-0.05, 0) is 0 Å². The molecule has 2 N–H and O–H groups in total. The highest BCUT2D eigenvalue weighted by molar-refractivity contribution is 5.69. The number of nitrogens with zero attached hydrogens (tertiary/aromatic N) is 1. The van der Waals surface area contributed by atoms with Crippen molar-refractivity contribution in [1.82, 2.24) is 4.90 Å². The Kier molecular flexibility index (Phi) is 2.46. The molecule has 1 rings (SSSR count). The van der Waals surface area contributed by atoms with Gasteiger partial charge in [-0.2, -0.15) is 0 Å². The number of β-amino-alcohol motifs (C(OH)–C–C–N with tert-alkyl or cyclic N) is 1. The van der Waals surface area contributed by atoms with Crippen LogP contribution in [0.5, 0.6) is 0 Å². The number of carboxylic acid groups (broad SMARTS) is 1. The van der Waals surface area contributed by atoms with Crippen molar-refractivity contribution in [3.8, 4) is 0 Å². The van der Waals surface area contributed by atoms with Crippen molar-refractivity contribution < 1.29 is 15.0 Å². The normalized spacial score (nSPS) is 22.7. The maximum absolute atomic E-state index is 10.4. The van der Waals surface area contributed by atoms with E-state index in [1.54, 1.807) is 6.92 Å². The Hall–Kier alpha value is -0.610. The summed E-state index contributed by atoms with van der Waals surface area (Å²) in [4.78, 5) is 12.3. The van der Waals surface area contributed by atoms with Gasteiger partial charge in [0.15, 0.2) is 0 Å². The Morgan fingerprint density at radius 1 is 1.73 bits per heavy atom. The number of rotatable bonds is 3. The van der Waals surface area contributed by atoms with Crippen LogP contribution in [0.1, 0.15) is 6.92 Å². The molecular formula is C7H13NO3. The average Bonchev–Trinajstić information content (AvgIpc) is 1.84. The summed E-state index contributed by atoms with van der Waals surface area (Å²) in [5.74, 6) is -1.10. The van der Waals surface area contributed by atoms with Crippen molar-refractivity contribution in [2.45, 2.75) is 13.0 Å². The molecule has 1 saturated heterocycles. The first-order chi connectivity index (χ1) is 5.09. The average molecular weight is 159 g/mol. The molecule has 11 heavy (non-hydrogen) atoms. The smallest absolute Gasteiger partial charge is 0.307 e. The van der Waals surface area contributed by atoms with Gasteiger partial charge in [0.1, 0.15) is 0 Å². The van der Waals surface area contributed by atoms with Gasteiger partial charge in [0.05, 0.1) is 12.0 Å². The number of hydrogen-bond donors (Lipinski definition) is 2. The van der Waals surface area contributed by atoms with Gasteiger partial charge >= 0.3 is 5.97 Å². The van der Waals surface area contributed by atoms with Crippen molar-refractivity contribution in [2.75, 3.05) is 19.6 Å². The number of aliphatic carboxylic acids is 1. The maximum atomic E-state index is 10.4. The van der Waals surface area contributed by atoms with Crippen LogP contribution in [0.25, 0.3) is 0 Å². The molecule has 1 atom stereocenters. The van der Waals surface area contributed by atoms with Crippen molar-refractivity contribution >= 4 is 5.97 Å². The van der Waals surface area contributed by atoms with E-state index in [4.69, 9.17) is 10.2 Å². The molecule has 0 spiro atoms. The van der Waals surface area contributed by atoms with Crippen LogP contribution in [0, 0.1) is 5.92 Å². The predicted molar refractivity (Wildman–Crippen MR) is 39.2 cm³/mol. The van der Waals surface area contributed by atoms with Gasteiger partial charge in [-0.25, -0.2) is 0 Å². The van der Waals surface area contributed by atoms with Gasteiger partial charge in [0, 0.05) is 19.6 Å². The van der Waals surface area contributed by atoms with Crippen LogP contribution in [0.4, 0.5) is 0 Å². The number of likely N-dealkylation sites (tertiary alicyclic amines) is 1. The van der Waals surface area contributed by atoms with E-state index in [0.717, 1.165) is 0 Å². The lowest BCUT2D eigenvalue weighted by molar-refractivity contribution is -0.142. The number of hydrogen-bond acceptors (Lipinski definition) is 3. The fourth-order valence-electron chi connectivity index (χ4n) is 1.16. The van der Waals surface area contributed by atoms with Crippen LogP contribution in [-0.2, 0) is 4.79 Å². The van der Waals surface area contributed by atoms with Crippen LogP contribution in [0.2, 0.25) is 0 Å². The van der Waals surface area contributed by atoms with Gasteiger partial charge < -0.3 is 10.2 Å². The van der Waals surface area contributed by atoms with Gasteiger partial charge in [0.2, 0.25) is 0 Å². The Bertz CT molecular complexity index is 154. The quantitative estimate of drug-likeness (QED) is 0.576. The first kappa shape index (κ1) is 8.49. The summed E-state index contributed by atoms with van der Waals surface area (Å²) in [6.45, 7) is 3.47. The second kappa shape index (κ2) is 3.19. The Morgan fingerprint density at radius 3 is 2.64 bits per heavy atom. The zero-order chi connectivity index (χ0) is 8.43. The lowest BCUT2D eigenvalue weighted by Crippen LogP contribution is -2.52. The Balaban J connectivity index is 2.16. The highest BCUT2D eigenvalue weighted by Gasteiger charge is 2.26. The van der Waals surface area contributed by atoms with E-state index in [0.29, 0.717) is 19.6 Å². The van der Waals surface area contributed by atoms with Crippen LogP contribution in [-0.4, -0.2) is 46.8 Å². The van der Waals surface area contributed by atoms with Crippen LogP contribution < -0.4 is 0 Å². The summed E-state index contributed by atoms with van der Waals surface area (Å²) in [5.41, 5.74) is 0. The molecule has 4 heteroatoms. The topological polar surface area (TPSA) is 60.8 Å². The maximum Gasteiger partial charge on any atom is 0.307 e. The number of aliphatic hydroxyl groups is 1. The van der Waals surface area contributed by atoms with E-state index in [1.807, 2.05) is 4.90 Å². The second-order valence-corrected chi connectivity index (χ2v) is 3.11. The van der Waals surface area contributed by atoms with E-state index in [9.17, 15) is 4.79 Å². The zero-order valence-electron chi connectivity index (χ0n) is 6.53. The summed E-state index contributed by atoms with van der Waals surface area (Å²) in [6, 6.07) is 0. The SMILES string of the molecule is CC(CN1CC(O)C1)C(=O)O. The summed E-state index contributed by atoms with van der Waals surface area (Å²) in [5, 5.41) is 17.4. The molecule has 0 bridgehead atoms. The van der Waals surface area contributed by atoms with Crippen molar-refractivity contribution in [2.24, 2.45) is 5.92 Å². The molecule has 0 amide bonds. The summed E-state index contributed by atoms with van der Waals surface area (Å²) in [6.07, 6.45) is -0.240. The van der Waals surface area contributed by atoms with Crippen LogP contribution in [0.15, 0.2) is 0 Å². The lowest BCUT2D eigenvalue weighted by atomic mass is 10.1. The minimum atomic E-state index is -0.772. The molecular weight excluding hydrogens is 146 g/mol. The number of carboxylic acids is 1. The molecule has 1 fully saturated rings. The molecule has 0 saturated carbocycles. The van der Waals surface area contributed by atoms with Crippen molar-refractivity contribution in [3.05, 3.63) is 0 Å². The van der Waals surface area contributed by atoms with E-state index in [2.05, 4.69) is 0 Å². The summed E-state index contributed by atoms with van der Waals surface area (Å²) < 4.78 is 0. The van der Waals surface area contributed by atoms with E-state index < -0.39 is 5.97 Å². The molecule has 4 nitrogen and oxygen atoms in total. The fraction of sp³-hybridized carbons (Fsp3) is 0.857. The molecule has 1 aliphatic rings. The predicted octanol–water partition coefficient (Wildman–Crippen LogP) is -0.616. The first-order valence-corrected chi connectivity index (χ1v) is 3.73. The number of aliphatic hydroxyl groups excluding tert-OH is 1. The van der Waals surface area contributed by atoms with Crippen molar-refractivity contribution in [1.29, 1.82) is 0 Å². The molecule has 1 aliphatic heterocycles. The van der Waals surface area contributed by atoms with Crippen molar-refractivity contribution in [3.63, 3.8) is 0 Å². The van der Waals surface area contributed by atoms with E-state index in [1.165, 1.54) is 0 Å². The largest absolute Gasteiger partial charge is 0.481 e. The molecule has 0 aromatic carbocycles. The van der Waals surface area contributed by atoms with Gasteiger partial charge in [0.25, 0.3) is 0 Å². The third kappa shape index (κ3) is 2.17. The summed E-state index contributed by atoms with van der Waals surface area (Å²) in [7, 11) is 0. The zero-order valence-corrected chi connectivity index (χ0v) is 6.53. The fourth-order valence-corrected chi connectivity index (χ4v) is 1.16. The third-order valence-electron chi connectivity index (χ3n) is 1.89. The van der Waals surface area contributed by atoms with Gasteiger partial charge in [-0.15, -0.1) is 0 Å². The standard InChI is InChI=1S/C7H13NO3/c1-5(7(10)11)2-8-3-6(9)4-8/h5-6,9H,2-4H2,1H3,(H,10,11). The molecule has 0 aliphatic carbocycles. The first-order valence-electron chi connectivity index (χ1n) is 3.73.